The van der Waals surface area contributed by atoms with Crippen molar-refractivity contribution in [3.63, 3.8) is 0 Å². The number of benzene rings is 1. The average molecular weight is 333 g/mol. The molecule has 0 saturated carbocycles. The summed E-state index contributed by atoms with van der Waals surface area (Å²) in [7, 11) is 1.65. The minimum absolute atomic E-state index is 0.150. The van der Waals surface area contributed by atoms with Crippen LogP contribution in [0, 0.1) is 11.8 Å². The van der Waals surface area contributed by atoms with Crippen LogP contribution in [0.5, 0.6) is 11.5 Å². The molecule has 2 saturated heterocycles. The number of methoxy groups -OCH3 is 1. The Labute approximate surface area is 143 Å². The van der Waals surface area contributed by atoms with Gasteiger partial charge in [0.1, 0.15) is 11.5 Å². The SMILES string of the molecule is COc1cccc(OC[C@@H]2CCCN(C(=O)C3CCOCC3)C2)c1. The molecular weight excluding hydrogens is 306 g/mol. The zero-order valence-corrected chi connectivity index (χ0v) is 14.4. The van der Waals surface area contributed by atoms with Crippen molar-refractivity contribution in [1.82, 2.24) is 4.90 Å². The summed E-state index contributed by atoms with van der Waals surface area (Å²) in [6.07, 6.45) is 3.89. The second-order valence-corrected chi connectivity index (χ2v) is 6.67. The lowest BCUT2D eigenvalue weighted by molar-refractivity contribution is -0.140. The predicted octanol–water partition coefficient (Wildman–Crippen LogP) is 2.74. The first-order chi connectivity index (χ1) is 11.8. The number of hydrogen-bond donors (Lipinski definition) is 0. The van der Waals surface area contributed by atoms with E-state index in [4.69, 9.17) is 14.2 Å². The fourth-order valence-corrected chi connectivity index (χ4v) is 3.51. The lowest BCUT2D eigenvalue weighted by Crippen LogP contribution is -2.45. The molecule has 1 amide bonds. The van der Waals surface area contributed by atoms with Crippen LogP contribution in [0.2, 0.25) is 0 Å². The van der Waals surface area contributed by atoms with E-state index in [1.807, 2.05) is 29.2 Å². The molecule has 2 aliphatic heterocycles. The molecule has 0 aliphatic carbocycles. The van der Waals surface area contributed by atoms with Gasteiger partial charge in [-0.05, 0) is 37.8 Å². The van der Waals surface area contributed by atoms with Crippen molar-refractivity contribution in [2.24, 2.45) is 11.8 Å². The molecule has 132 valence electrons. The maximum atomic E-state index is 12.7. The summed E-state index contributed by atoms with van der Waals surface area (Å²) >= 11 is 0. The fourth-order valence-electron chi connectivity index (χ4n) is 3.51. The Kier molecular flexibility index (Phi) is 5.96. The van der Waals surface area contributed by atoms with Crippen LogP contribution in [0.3, 0.4) is 0 Å². The molecule has 0 bridgehead atoms. The molecule has 1 atom stereocenters. The molecule has 5 nitrogen and oxygen atoms in total. The number of rotatable bonds is 5. The third-order valence-corrected chi connectivity index (χ3v) is 4.93. The van der Waals surface area contributed by atoms with E-state index in [0.29, 0.717) is 31.6 Å². The number of piperidine rings is 1. The number of hydrogen-bond acceptors (Lipinski definition) is 4. The van der Waals surface area contributed by atoms with Gasteiger partial charge in [0.15, 0.2) is 0 Å². The van der Waals surface area contributed by atoms with Gasteiger partial charge in [0, 0.05) is 44.2 Å². The summed E-state index contributed by atoms with van der Waals surface area (Å²) in [5.41, 5.74) is 0. The van der Waals surface area contributed by atoms with E-state index in [0.717, 1.165) is 50.3 Å². The number of carbonyl (C=O) groups is 1. The largest absolute Gasteiger partial charge is 0.497 e. The van der Waals surface area contributed by atoms with E-state index in [2.05, 4.69) is 0 Å². The number of carbonyl (C=O) groups excluding carboxylic acids is 1. The molecule has 24 heavy (non-hydrogen) atoms. The molecule has 0 spiro atoms. The van der Waals surface area contributed by atoms with Crippen molar-refractivity contribution < 1.29 is 19.0 Å². The first-order valence-electron chi connectivity index (χ1n) is 8.89. The Balaban J connectivity index is 1.50. The molecule has 0 unspecified atom stereocenters. The van der Waals surface area contributed by atoms with Crippen LogP contribution in [-0.2, 0) is 9.53 Å². The van der Waals surface area contributed by atoms with Crippen LogP contribution >= 0.6 is 0 Å². The van der Waals surface area contributed by atoms with Crippen LogP contribution in [0.25, 0.3) is 0 Å². The fraction of sp³-hybridized carbons (Fsp3) is 0.632. The lowest BCUT2D eigenvalue weighted by Gasteiger charge is -2.35. The van der Waals surface area contributed by atoms with Crippen molar-refractivity contribution in [2.45, 2.75) is 25.7 Å². The number of likely N-dealkylation sites (tertiary alicyclic amines) is 1. The second-order valence-electron chi connectivity index (χ2n) is 6.67. The van der Waals surface area contributed by atoms with Gasteiger partial charge < -0.3 is 19.1 Å². The van der Waals surface area contributed by atoms with Crippen LogP contribution < -0.4 is 9.47 Å². The van der Waals surface area contributed by atoms with Gasteiger partial charge >= 0.3 is 0 Å². The standard InChI is InChI=1S/C19H27NO4/c1-22-17-5-2-6-18(12-17)24-14-15-4-3-9-20(13-15)19(21)16-7-10-23-11-8-16/h2,5-6,12,15-16H,3-4,7-11,13-14H2,1H3/t15-/m1/s1. The molecule has 0 N–H and O–H groups in total. The summed E-state index contributed by atoms with van der Waals surface area (Å²) < 4.78 is 16.5. The molecule has 2 heterocycles. The minimum Gasteiger partial charge on any atom is -0.497 e. The molecule has 2 aliphatic rings. The Bertz CT molecular complexity index is 542. The molecule has 3 rings (SSSR count). The highest BCUT2D eigenvalue weighted by Gasteiger charge is 2.30. The van der Waals surface area contributed by atoms with Gasteiger partial charge in [-0.2, -0.15) is 0 Å². The summed E-state index contributed by atoms with van der Waals surface area (Å²) in [5, 5.41) is 0. The molecule has 5 heteroatoms. The van der Waals surface area contributed by atoms with Gasteiger partial charge in [0.05, 0.1) is 13.7 Å². The highest BCUT2D eigenvalue weighted by atomic mass is 16.5. The van der Waals surface area contributed by atoms with Crippen molar-refractivity contribution in [1.29, 1.82) is 0 Å². The van der Waals surface area contributed by atoms with E-state index < -0.39 is 0 Å². The van der Waals surface area contributed by atoms with Crippen LogP contribution in [0.4, 0.5) is 0 Å². The molecule has 0 aromatic heterocycles. The normalized spacial score (nSPS) is 22.2. The second kappa shape index (κ2) is 8.38. The molecule has 0 radical (unpaired) electrons. The van der Waals surface area contributed by atoms with Gasteiger partial charge in [-0.1, -0.05) is 6.07 Å². The van der Waals surface area contributed by atoms with Crippen molar-refractivity contribution in [2.75, 3.05) is 40.0 Å². The Morgan fingerprint density at radius 1 is 1.25 bits per heavy atom. The van der Waals surface area contributed by atoms with E-state index in [1.165, 1.54) is 0 Å². The quantitative estimate of drug-likeness (QED) is 0.831. The molecule has 1 aromatic carbocycles. The minimum atomic E-state index is 0.150. The number of ether oxygens (including phenoxy) is 3. The Morgan fingerprint density at radius 2 is 2.04 bits per heavy atom. The zero-order valence-electron chi connectivity index (χ0n) is 14.4. The summed E-state index contributed by atoms with van der Waals surface area (Å²) in [6.45, 7) is 3.76. The maximum absolute atomic E-state index is 12.7. The van der Waals surface area contributed by atoms with E-state index in [-0.39, 0.29) is 5.92 Å². The van der Waals surface area contributed by atoms with Gasteiger partial charge in [-0.3, -0.25) is 4.79 Å². The lowest BCUT2D eigenvalue weighted by atomic mass is 9.94. The third-order valence-electron chi connectivity index (χ3n) is 4.93. The molecule has 1 aromatic rings. The Hall–Kier alpha value is -1.75. The Morgan fingerprint density at radius 3 is 2.83 bits per heavy atom. The van der Waals surface area contributed by atoms with Gasteiger partial charge in [0.2, 0.25) is 5.91 Å². The van der Waals surface area contributed by atoms with Crippen molar-refractivity contribution in [3.05, 3.63) is 24.3 Å². The summed E-state index contributed by atoms with van der Waals surface area (Å²) in [6, 6.07) is 7.67. The van der Waals surface area contributed by atoms with E-state index >= 15 is 0 Å². The summed E-state index contributed by atoms with van der Waals surface area (Å²) in [4.78, 5) is 14.7. The first-order valence-corrected chi connectivity index (χ1v) is 8.89. The number of nitrogens with zero attached hydrogens (tertiary/aromatic N) is 1. The van der Waals surface area contributed by atoms with E-state index in [1.54, 1.807) is 7.11 Å². The smallest absolute Gasteiger partial charge is 0.225 e. The zero-order chi connectivity index (χ0) is 16.8. The average Bonchev–Trinajstić information content (AvgIpc) is 2.67. The predicted molar refractivity (Wildman–Crippen MR) is 91.3 cm³/mol. The van der Waals surface area contributed by atoms with Gasteiger partial charge in [-0.15, -0.1) is 0 Å². The molecule has 2 fully saturated rings. The highest BCUT2D eigenvalue weighted by Crippen LogP contribution is 2.24. The monoisotopic (exact) mass is 333 g/mol. The number of amides is 1. The highest BCUT2D eigenvalue weighted by molar-refractivity contribution is 5.79. The maximum Gasteiger partial charge on any atom is 0.225 e. The first kappa shape index (κ1) is 17.1. The van der Waals surface area contributed by atoms with Gasteiger partial charge in [-0.25, -0.2) is 0 Å². The van der Waals surface area contributed by atoms with Crippen LogP contribution in [0.15, 0.2) is 24.3 Å². The van der Waals surface area contributed by atoms with Gasteiger partial charge in [0.25, 0.3) is 0 Å². The van der Waals surface area contributed by atoms with Crippen molar-refractivity contribution in [3.8, 4) is 11.5 Å². The third kappa shape index (κ3) is 4.41. The van der Waals surface area contributed by atoms with E-state index in [9.17, 15) is 4.79 Å². The van der Waals surface area contributed by atoms with Crippen LogP contribution in [0.1, 0.15) is 25.7 Å². The topological polar surface area (TPSA) is 48.0 Å². The van der Waals surface area contributed by atoms with Crippen LogP contribution in [-0.4, -0.2) is 50.8 Å². The molecular formula is C19H27NO4. The van der Waals surface area contributed by atoms with Crippen molar-refractivity contribution >= 4 is 5.91 Å². The summed E-state index contributed by atoms with van der Waals surface area (Å²) in [5.74, 6) is 2.48.